The van der Waals surface area contributed by atoms with Crippen molar-refractivity contribution in [2.45, 2.75) is 32.9 Å². The van der Waals surface area contributed by atoms with Gasteiger partial charge >= 0.3 is 0 Å². The number of nitrogens with zero attached hydrogens (tertiary/aromatic N) is 3. The van der Waals surface area contributed by atoms with Gasteiger partial charge < -0.3 is 10.4 Å². The summed E-state index contributed by atoms with van der Waals surface area (Å²) in [5, 5.41) is 20.8. The van der Waals surface area contributed by atoms with Crippen molar-refractivity contribution in [2.75, 3.05) is 5.32 Å². The molecule has 0 radical (unpaired) electrons. The Morgan fingerprint density at radius 1 is 1.37 bits per heavy atom. The number of fused-ring (bicyclic) bond motifs is 3. The molecule has 1 aromatic heterocycles. The van der Waals surface area contributed by atoms with Gasteiger partial charge in [0.25, 0.3) is 0 Å². The Labute approximate surface area is 110 Å². The third-order valence-electron chi connectivity index (χ3n) is 3.43. The molecule has 0 aliphatic carbocycles. The zero-order valence-corrected chi connectivity index (χ0v) is 11.0. The molecule has 6 heteroatoms. The maximum absolute atomic E-state index is 14.1. The average molecular weight is 262 g/mol. The molecule has 0 saturated carbocycles. The third-order valence-corrected chi connectivity index (χ3v) is 3.43. The maximum Gasteiger partial charge on any atom is 0.162 e. The molecule has 0 fully saturated rings. The molecule has 0 amide bonds. The van der Waals surface area contributed by atoms with Crippen LogP contribution in [0.3, 0.4) is 0 Å². The maximum atomic E-state index is 14.1. The van der Waals surface area contributed by atoms with Gasteiger partial charge in [-0.25, -0.2) is 4.39 Å². The number of aliphatic hydroxyl groups is 1. The number of nitrogens with one attached hydrogen (secondary N) is 1. The second-order valence-electron chi connectivity index (χ2n) is 5.24. The van der Waals surface area contributed by atoms with Crippen LogP contribution in [0.5, 0.6) is 0 Å². The highest BCUT2D eigenvalue weighted by Crippen LogP contribution is 2.39. The highest BCUT2D eigenvalue weighted by molar-refractivity contribution is 5.70. The molecular formula is C13H15FN4O. The Hall–Kier alpha value is -1.95. The minimum atomic E-state index is -0.525. The number of aryl methyl sites for hydroxylation is 1. The fourth-order valence-corrected chi connectivity index (χ4v) is 2.51. The molecular weight excluding hydrogens is 247 g/mol. The van der Waals surface area contributed by atoms with E-state index < -0.39 is 5.54 Å². The van der Waals surface area contributed by atoms with E-state index in [-0.39, 0.29) is 12.4 Å². The fraction of sp³-hybridized carbons (Fsp3) is 0.385. The molecule has 1 aromatic carbocycles. The first-order valence-corrected chi connectivity index (χ1v) is 6.09. The molecule has 19 heavy (non-hydrogen) atoms. The predicted octanol–water partition coefficient (Wildman–Crippen LogP) is 1.87. The van der Waals surface area contributed by atoms with Crippen LogP contribution in [-0.4, -0.2) is 19.9 Å². The van der Waals surface area contributed by atoms with E-state index in [1.807, 2.05) is 20.8 Å². The molecule has 0 unspecified atom stereocenters. The molecule has 0 bridgehead atoms. The second-order valence-corrected chi connectivity index (χ2v) is 5.24. The van der Waals surface area contributed by atoms with Crippen molar-refractivity contribution in [1.29, 1.82) is 0 Å². The number of aromatic nitrogens is 3. The van der Waals surface area contributed by atoms with Crippen LogP contribution in [0, 0.1) is 12.7 Å². The van der Waals surface area contributed by atoms with Crippen LogP contribution >= 0.6 is 0 Å². The fourth-order valence-electron chi connectivity index (χ4n) is 2.51. The summed E-state index contributed by atoms with van der Waals surface area (Å²) in [6.45, 7) is 5.48. The van der Waals surface area contributed by atoms with Crippen molar-refractivity contribution in [3.63, 3.8) is 0 Å². The smallest absolute Gasteiger partial charge is 0.162 e. The first-order chi connectivity index (χ1) is 8.95. The summed E-state index contributed by atoms with van der Waals surface area (Å²) in [5.41, 5.74) is 1.10. The van der Waals surface area contributed by atoms with Crippen molar-refractivity contribution in [3.05, 3.63) is 35.2 Å². The summed E-state index contributed by atoms with van der Waals surface area (Å²) >= 11 is 0. The molecule has 1 aliphatic rings. The lowest BCUT2D eigenvalue weighted by Gasteiger charge is -2.34. The van der Waals surface area contributed by atoms with Crippen molar-refractivity contribution in [3.8, 4) is 5.69 Å². The van der Waals surface area contributed by atoms with Crippen molar-refractivity contribution >= 4 is 5.69 Å². The molecule has 5 nitrogen and oxygen atoms in total. The van der Waals surface area contributed by atoms with Crippen LogP contribution < -0.4 is 5.32 Å². The summed E-state index contributed by atoms with van der Waals surface area (Å²) in [4.78, 5) is 0. The number of rotatable bonds is 1. The SMILES string of the molecule is Cc1nnc2n1-c1c(CO)ccc(F)c1NC2(C)C. The van der Waals surface area contributed by atoms with Crippen LogP contribution in [0.4, 0.5) is 10.1 Å². The van der Waals surface area contributed by atoms with Crippen LogP contribution in [0.2, 0.25) is 0 Å². The van der Waals surface area contributed by atoms with E-state index in [1.165, 1.54) is 6.07 Å². The van der Waals surface area contributed by atoms with Gasteiger partial charge in [0.15, 0.2) is 5.82 Å². The standard InChI is InChI=1S/C13H15FN4O/c1-7-16-17-12-13(2,3)15-10-9(14)5-4-8(6-19)11(10)18(7)12/h4-5,15,19H,6H2,1-3H3. The Morgan fingerprint density at radius 3 is 2.79 bits per heavy atom. The highest BCUT2D eigenvalue weighted by Gasteiger charge is 2.36. The molecule has 0 atom stereocenters. The quantitative estimate of drug-likeness (QED) is 0.823. The minimum absolute atomic E-state index is 0.165. The molecule has 2 heterocycles. The van der Waals surface area contributed by atoms with E-state index in [4.69, 9.17) is 0 Å². The zero-order valence-electron chi connectivity index (χ0n) is 11.0. The van der Waals surface area contributed by atoms with Crippen molar-refractivity contribution in [2.24, 2.45) is 0 Å². The van der Waals surface area contributed by atoms with E-state index in [0.717, 1.165) is 0 Å². The summed E-state index contributed by atoms with van der Waals surface area (Å²) < 4.78 is 15.9. The number of halogens is 1. The molecule has 100 valence electrons. The highest BCUT2D eigenvalue weighted by atomic mass is 19.1. The van der Waals surface area contributed by atoms with Crippen molar-refractivity contribution < 1.29 is 9.50 Å². The summed E-state index contributed by atoms with van der Waals surface area (Å²) in [6, 6.07) is 2.94. The van der Waals surface area contributed by atoms with Gasteiger partial charge in [0.05, 0.1) is 23.5 Å². The summed E-state index contributed by atoms with van der Waals surface area (Å²) in [7, 11) is 0. The van der Waals surface area contributed by atoms with Gasteiger partial charge in [-0.05, 0) is 26.8 Å². The Kier molecular flexibility index (Phi) is 2.40. The monoisotopic (exact) mass is 262 g/mol. The first kappa shape index (κ1) is 12.1. The number of hydrogen-bond acceptors (Lipinski definition) is 4. The lowest BCUT2D eigenvalue weighted by molar-refractivity contribution is 0.281. The Bertz CT molecular complexity index is 663. The molecule has 2 aromatic rings. The number of aliphatic hydroxyl groups excluding tert-OH is 1. The van der Waals surface area contributed by atoms with Gasteiger partial charge in [-0.1, -0.05) is 6.07 Å². The Morgan fingerprint density at radius 2 is 2.11 bits per heavy atom. The Balaban J connectivity index is 2.41. The van der Waals surface area contributed by atoms with E-state index in [0.29, 0.717) is 28.6 Å². The molecule has 0 spiro atoms. The van der Waals surface area contributed by atoms with Gasteiger partial charge in [0.1, 0.15) is 11.6 Å². The van der Waals surface area contributed by atoms with Crippen molar-refractivity contribution in [1.82, 2.24) is 14.8 Å². The largest absolute Gasteiger partial charge is 0.392 e. The molecule has 0 saturated heterocycles. The van der Waals surface area contributed by atoms with E-state index >= 15 is 0 Å². The van der Waals surface area contributed by atoms with Gasteiger partial charge in [-0.3, -0.25) is 4.57 Å². The van der Waals surface area contributed by atoms with E-state index in [2.05, 4.69) is 15.5 Å². The van der Waals surface area contributed by atoms with E-state index in [9.17, 15) is 9.50 Å². The van der Waals surface area contributed by atoms with Gasteiger partial charge in [-0.2, -0.15) is 0 Å². The topological polar surface area (TPSA) is 63.0 Å². The van der Waals surface area contributed by atoms with Gasteiger partial charge in [0.2, 0.25) is 0 Å². The number of benzene rings is 1. The summed E-state index contributed by atoms with van der Waals surface area (Å²) in [6.07, 6.45) is 0. The van der Waals surface area contributed by atoms with Crippen LogP contribution in [0.15, 0.2) is 12.1 Å². The minimum Gasteiger partial charge on any atom is -0.392 e. The average Bonchev–Trinajstić information content (AvgIpc) is 2.74. The molecule has 2 N–H and O–H groups in total. The molecule has 1 aliphatic heterocycles. The van der Waals surface area contributed by atoms with Gasteiger partial charge in [-0.15, -0.1) is 10.2 Å². The van der Waals surface area contributed by atoms with Crippen LogP contribution in [0.25, 0.3) is 5.69 Å². The van der Waals surface area contributed by atoms with E-state index in [1.54, 1.807) is 10.6 Å². The van der Waals surface area contributed by atoms with Crippen LogP contribution in [0.1, 0.15) is 31.1 Å². The summed E-state index contributed by atoms with van der Waals surface area (Å²) in [5.74, 6) is 1.03. The molecule has 3 rings (SSSR count). The third kappa shape index (κ3) is 1.56. The predicted molar refractivity (Wildman–Crippen MR) is 68.6 cm³/mol. The van der Waals surface area contributed by atoms with Gasteiger partial charge in [0, 0.05) is 5.56 Å². The number of hydrogen-bond donors (Lipinski definition) is 2. The normalized spacial score (nSPS) is 15.6. The zero-order chi connectivity index (χ0) is 13.8. The lowest BCUT2D eigenvalue weighted by atomic mass is 9.98. The number of anilines is 1. The lowest BCUT2D eigenvalue weighted by Crippen LogP contribution is -2.37. The van der Waals surface area contributed by atoms with Crippen LogP contribution in [-0.2, 0) is 12.1 Å². The second kappa shape index (κ2) is 3.77. The first-order valence-electron chi connectivity index (χ1n) is 6.09.